The Morgan fingerprint density at radius 3 is 2.17 bits per heavy atom. The van der Waals surface area contributed by atoms with E-state index in [-0.39, 0.29) is 30.0 Å². The van der Waals surface area contributed by atoms with Crippen molar-refractivity contribution in [3.8, 4) is 0 Å². The lowest BCUT2D eigenvalue weighted by atomic mass is 9.85. The summed E-state index contributed by atoms with van der Waals surface area (Å²) < 4.78 is 6.94. The van der Waals surface area contributed by atoms with Gasteiger partial charge in [0.15, 0.2) is 0 Å². The summed E-state index contributed by atoms with van der Waals surface area (Å²) in [6, 6.07) is 7.82. The van der Waals surface area contributed by atoms with E-state index in [1.165, 1.54) is 0 Å². The fourth-order valence-corrected chi connectivity index (χ4v) is 4.24. The lowest BCUT2D eigenvalue weighted by Crippen LogP contribution is -2.42. The highest BCUT2D eigenvalue weighted by Crippen LogP contribution is 2.34. The van der Waals surface area contributed by atoms with Gasteiger partial charge in [-0.15, -0.1) is 0 Å². The minimum absolute atomic E-state index is 0.0468. The van der Waals surface area contributed by atoms with Gasteiger partial charge in [-0.25, -0.2) is 4.79 Å². The van der Waals surface area contributed by atoms with Crippen LogP contribution in [0.15, 0.2) is 52.2 Å². The maximum atomic E-state index is 13.0. The molecule has 0 fully saturated rings. The molecule has 30 heavy (non-hydrogen) atoms. The summed E-state index contributed by atoms with van der Waals surface area (Å²) in [5.41, 5.74) is 1.91. The first-order chi connectivity index (χ1) is 14.1. The molecule has 0 saturated carbocycles. The molecule has 1 N–H and O–H groups in total. The van der Waals surface area contributed by atoms with Crippen LogP contribution >= 0.6 is 15.9 Å². The average molecular weight is 478 g/mol. The van der Waals surface area contributed by atoms with Gasteiger partial charge < -0.3 is 14.7 Å². The second-order valence-corrected chi connectivity index (χ2v) is 9.85. The number of carbonyl (C=O) groups excluding carboxylic acids is 1. The lowest BCUT2D eigenvalue weighted by molar-refractivity contribution is 0.0932. The molecule has 1 aromatic carbocycles. The molecule has 0 spiro atoms. The molecular formula is C25H36BrNO3. The summed E-state index contributed by atoms with van der Waals surface area (Å²) in [4.78, 5) is 14.7. The van der Waals surface area contributed by atoms with Gasteiger partial charge in [0.1, 0.15) is 5.76 Å². The van der Waals surface area contributed by atoms with Gasteiger partial charge in [-0.1, -0.05) is 48.0 Å². The predicted molar refractivity (Wildman–Crippen MR) is 126 cm³/mol. The fourth-order valence-electron chi connectivity index (χ4n) is 3.97. The quantitative estimate of drug-likeness (QED) is 0.409. The minimum atomic E-state index is -0.680. The van der Waals surface area contributed by atoms with E-state index >= 15 is 0 Å². The van der Waals surface area contributed by atoms with E-state index in [4.69, 9.17) is 4.74 Å². The number of hydrogen-bond acceptors (Lipinski definition) is 3. The third-order valence-electron chi connectivity index (χ3n) is 5.57. The summed E-state index contributed by atoms with van der Waals surface area (Å²) in [7, 11) is 0. The van der Waals surface area contributed by atoms with Crippen molar-refractivity contribution >= 4 is 22.0 Å². The van der Waals surface area contributed by atoms with Crippen LogP contribution in [-0.2, 0) is 4.74 Å². The third-order valence-corrected chi connectivity index (χ3v) is 6.10. The predicted octanol–water partition coefficient (Wildman–Crippen LogP) is 7.00. The first-order valence-electron chi connectivity index (χ1n) is 11.0. The van der Waals surface area contributed by atoms with Crippen molar-refractivity contribution in [3.63, 3.8) is 0 Å². The van der Waals surface area contributed by atoms with Crippen molar-refractivity contribution in [2.24, 2.45) is 11.8 Å². The topological polar surface area (TPSA) is 49.8 Å². The Labute approximate surface area is 190 Å². The van der Waals surface area contributed by atoms with Crippen molar-refractivity contribution in [3.05, 3.63) is 57.8 Å². The van der Waals surface area contributed by atoms with Gasteiger partial charge in [0.05, 0.1) is 6.10 Å². The highest BCUT2D eigenvalue weighted by atomic mass is 79.9. The van der Waals surface area contributed by atoms with Crippen LogP contribution in [0, 0.1) is 11.8 Å². The number of rotatable bonds is 8. The van der Waals surface area contributed by atoms with Crippen LogP contribution in [0.4, 0.5) is 4.79 Å². The van der Waals surface area contributed by atoms with Gasteiger partial charge in [-0.3, -0.25) is 0 Å². The largest absolute Gasteiger partial charge is 0.415 e. The Bertz CT molecular complexity index is 757. The second-order valence-electron chi connectivity index (χ2n) is 8.93. The Hall–Kier alpha value is -1.59. The number of aliphatic hydroxyl groups excluding tert-OH is 1. The zero-order valence-corrected chi connectivity index (χ0v) is 20.6. The Kier molecular flexibility index (Phi) is 9.17. The van der Waals surface area contributed by atoms with Gasteiger partial charge in [0.25, 0.3) is 0 Å². The van der Waals surface area contributed by atoms with Gasteiger partial charge in [-0.2, -0.15) is 0 Å². The highest BCUT2D eigenvalue weighted by molar-refractivity contribution is 9.10. The molecule has 0 saturated heterocycles. The van der Waals surface area contributed by atoms with Crippen molar-refractivity contribution < 1.29 is 14.6 Å². The standard InChI is InChI=1S/C25H36BrNO3/c1-16(2)22(24(28)20-11-13-21(26)14-12-20)15-23(19-9-7-8-10-19)30-25(29)27(17(3)4)18(5)6/h9,11-18,22,24,28H,7-8,10H2,1-6H3/b23-15-. The molecule has 1 aliphatic rings. The highest BCUT2D eigenvalue weighted by Gasteiger charge is 2.28. The van der Waals surface area contributed by atoms with Crippen LogP contribution in [-0.4, -0.2) is 28.2 Å². The molecule has 1 amide bonds. The van der Waals surface area contributed by atoms with Gasteiger partial charge in [0.2, 0.25) is 0 Å². The van der Waals surface area contributed by atoms with Crippen molar-refractivity contribution in [2.45, 2.75) is 79.0 Å². The molecule has 4 nitrogen and oxygen atoms in total. The van der Waals surface area contributed by atoms with E-state index in [0.29, 0.717) is 5.76 Å². The number of halogens is 1. The number of aliphatic hydroxyl groups is 1. The Morgan fingerprint density at radius 1 is 1.10 bits per heavy atom. The van der Waals surface area contributed by atoms with Gasteiger partial charge in [0, 0.05) is 22.5 Å². The van der Waals surface area contributed by atoms with Crippen molar-refractivity contribution in [1.82, 2.24) is 4.90 Å². The minimum Gasteiger partial charge on any atom is -0.410 e. The van der Waals surface area contributed by atoms with Crippen LogP contribution in [0.5, 0.6) is 0 Å². The number of ether oxygens (including phenoxy) is 1. The second kappa shape index (κ2) is 11.1. The number of benzene rings is 1. The zero-order chi connectivity index (χ0) is 22.4. The van der Waals surface area contributed by atoms with Crippen LogP contribution < -0.4 is 0 Å². The molecule has 2 rings (SSSR count). The molecule has 0 aliphatic heterocycles. The van der Waals surface area contributed by atoms with Gasteiger partial charge >= 0.3 is 6.09 Å². The molecular weight excluding hydrogens is 442 g/mol. The average Bonchev–Trinajstić information content (AvgIpc) is 3.18. The number of allylic oxidation sites excluding steroid dienone is 2. The van der Waals surface area contributed by atoms with Crippen molar-refractivity contribution in [2.75, 3.05) is 0 Å². The summed E-state index contributed by atoms with van der Waals surface area (Å²) >= 11 is 3.45. The van der Waals surface area contributed by atoms with E-state index in [1.807, 2.05) is 58.0 Å². The third kappa shape index (κ3) is 6.45. The molecule has 5 heteroatoms. The maximum Gasteiger partial charge on any atom is 0.415 e. The van der Waals surface area contributed by atoms with E-state index in [2.05, 4.69) is 35.9 Å². The molecule has 1 aliphatic carbocycles. The van der Waals surface area contributed by atoms with Crippen LogP contribution in [0.25, 0.3) is 0 Å². The van der Waals surface area contributed by atoms with E-state index < -0.39 is 6.10 Å². The normalized spacial score (nSPS) is 16.8. The number of nitrogens with zero attached hydrogens (tertiary/aromatic N) is 1. The Morgan fingerprint density at radius 2 is 1.70 bits per heavy atom. The SMILES string of the molecule is CC(C)C(/C=C(\OC(=O)N(C(C)C)C(C)C)C1=CCCC1)C(O)c1ccc(Br)cc1. The molecule has 0 radical (unpaired) electrons. The first-order valence-corrected chi connectivity index (χ1v) is 11.8. The van der Waals surface area contributed by atoms with Crippen LogP contribution in [0.3, 0.4) is 0 Å². The summed E-state index contributed by atoms with van der Waals surface area (Å²) in [5, 5.41) is 11.1. The Balaban J connectivity index is 2.37. The molecule has 0 aromatic heterocycles. The first kappa shape index (κ1) is 24.7. The van der Waals surface area contributed by atoms with Crippen LogP contribution in [0.2, 0.25) is 0 Å². The molecule has 0 heterocycles. The monoisotopic (exact) mass is 477 g/mol. The van der Waals surface area contributed by atoms with Gasteiger partial charge in [-0.05, 0) is 82.2 Å². The van der Waals surface area contributed by atoms with E-state index in [1.54, 1.807) is 4.90 Å². The lowest BCUT2D eigenvalue weighted by Gasteiger charge is -2.31. The smallest absolute Gasteiger partial charge is 0.410 e. The molecule has 2 unspecified atom stereocenters. The molecule has 1 aromatic rings. The maximum absolute atomic E-state index is 13.0. The van der Waals surface area contributed by atoms with Crippen molar-refractivity contribution in [1.29, 1.82) is 0 Å². The molecule has 166 valence electrons. The number of carbonyl (C=O) groups is 1. The molecule has 2 atom stereocenters. The van der Waals surface area contributed by atoms with E-state index in [9.17, 15) is 9.90 Å². The van der Waals surface area contributed by atoms with E-state index in [0.717, 1.165) is 34.9 Å². The summed E-state index contributed by atoms with van der Waals surface area (Å²) in [5.74, 6) is 0.589. The number of hydrogen-bond donors (Lipinski definition) is 1. The van der Waals surface area contributed by atoms with Crippen LogP contribution in [0.1, 0.15) is 72.5 Å². The zero-order valence-electron chi connectivity index (χ0n) is 19.1. The number of amides is 1. The fraction of sp³-hybridized carbons (Fsp3) is 0.560. The molecule has 0 bridgehead atoms. The summed E-state index contributed by atoms with van der Waals surface area (Å²) in [6.07, 6.45) is 6.04. The summed E-state index contributed by atoms with van der Waals surface area (Å²) in [6.45, 7) is 12.1.